The first kappa shape index (κ1) is 25.0. The highest BCUT2D eigenvalue weighted by Crippen LogP contribution is 2.35. The van der Waals surface area contributed by atoms with Gasteiger partial charge in [-0.05, 0) is 78.3 Å². The lowest BCUT2D eigenvalue weighted by Gasteiger charge is -2.16. The van der Waals surface area contributed by atoms with E-state index in [1.807, 2.05) is 57.2 Å². The number of anilines is 1. The summed E-state index contributed by atoms with van der Waals surface area (Å²) in [6.07, 6.45) is 4.25. The summed E-state index contributed by atoms with van der Waals surface area (Å²) in [6.45, 7) is 10.2. The van der Waals surface area contributed by atoms with Gasteiger partial charge in [0.1, 0.15) is 5.69 Å². The van der Waals surface area contributed by atoms with Crippen LogP contribution in [-0.4, -0.2) is 31.8 Å². The summed E-state index contributed by atoms with van der Waals surface area (Å²) < 4.78 is 1.66. The molecule has 3 aromatic heterocycles. The summed E-state index contributed by atoms with van der Waals surface area (Å²) >= 11 is 0. The van der Waals surface area contributed by atoms with Gasteiger partial charge in [-0.1, -0.05) is 50.2 Å². The molecule has 38 heavy (non-hydrogen) atoms. The van der Waals surface area contributed by atoms with E-state index >= 15 is 0 Å². The van der Waals surface area contributed by atoms with E-state index in [0.717, 1.165) is 50.9 Å². The molecule has 7 heteroatoms. The number of carbonyl (C=O) groups is 2. The van der Waals surface area contributed by atoms with Gasteiger partial charge < -0.3 is 5.32 Å². The standard InChI is InChI=1S/C31H29N5O2/c1-18(2)23-12-13-28(32-15-23)31(38)33-27-11-7-9-25(21(27)5)24-8-6-10-26(20(24)4)29-34-30-19(3)14-22(17-37)16-36(30)35-29/h6-18H,1-5H3,(H,33,38). The van der Waals surface area contributed by atoms with Crippen molar-refractivity contribution in [3.05, 3.63) is 101 Å². The largest absolute Gasteiger partial charge is 0.320 e. The van der Waals surface area contributed by atoms with E-state index in [0.29, 0.717) is 28.6 Å². The molecule has 0 saturated carbocycles. The Hall–Kier alpha value is -4.65. The Morgan fingerprint density at radius 2 is 1.66 bits per heavy atom. The van der Waals surface area contributed by atoms with Crippen LogP contribution in [0.4, 0.5) is 5.69 Å². The molecule has 5 aromatic rings. The summed E-state index contributed by atoms with van der Waals surface area (Å²) in [7, 11) is 0. The zero-order chi connectivity index (χ0) is 27.0. The molecule has 7 nitrogen and oxygen atoms in total. The monoisotopic (exact) mass is 503 g/mol. The van der Waals surface area contributed by atoms with Crippen LogP contribution < -0.4 is 5.32 Å². The van der Waals surface area contributed by atoms with Crippen LogP contribution in [0.3, 0.4) is 0 Å². The van der Waals surface area contributed by atoms with Crippen molar-refractivity contribution in [2.75, 3.05) is 5.32 Å². The summed E-state index contributed by atoms with van der Waals surface area (Å²) in [6, 6.07) is 17.4. The highest BCUT2D eigenvalue weighted by Gasteiger charge is 2.17. The second-order valence-electron chi connectivity index (χ2n) is 9.82. The van der Waals surface area contributed by atoms with Crippen molar-refractivity contribution in [3.8, 4) is 22.5 Å². The zero-order valence-electron chi connectivity index (χ0n) is 22.1. The van der Waals surface area contributed by atoms with Gasteiger partial charge in [-0.25, -0.2) is 9.50 Å². The fraction of sp³-hybridized carbons (Fsp3) is 0.194. The number of aryl methyl sites for hydroxylation is 1. The topological polar surface area (TPSA) is 89.2 Å². The van der Waals surface area contributed by atoms with Gasteiger partial charge in [0.2, 0.25) is 0 Å². The SMILES string of the molecule is Cc1c(NC(=O)c2ccc(C(C)C)cn2)cccc1-c1cccc(-c2nc3c(C)cc(C=O)cn3n2)c1C. The van der Waals surface area contributed by atoms with Crippen molar-refractivity contribution >= 4 is 23.5 Å². The number of benzene rings is 2. The van der Waals surface area contributed by atoms with Crippen molar-refractivity contribution in [2.24, 2.45) is 0 Å². The molecule has 5 rings (SSSR count). The van der Waals surface area contributed by atoms with E-state index in [1.54, 1.807) is 29.0 Å². The first-order valence-corrected chi connectivity index (χ1v) is 12.6. The van der Waals surface area contributed by atoms with Crippen molar-refractivity contribution in [3.63, 3.8) is 0 Å². The van der Waals surface area contributed by atoms with Crippen LogP contribution in [0.15, 0.2) is 67.0 Å². The van der Waals surface area contributed by atoms with Crippen molar-refractivity contribution in [2.45, 2.75) is 40.5 Å². The number of nitrogens with one attached hydrogen (secondary N) is 1. The minimum absolute atomic E-state index is 0.245. The molecule has 0 aliphatic carbocycles. The third-order valence-electron chi connectivity index (χ3n) is 6.91. The molecule has 1 amide bonds. The molecule has 0 atom stereocenters. The van der Waals surface area contributed by atoms with Gasteiger partial charge in [0.05, 0.1) is 0 Å². The average molecular weight is 504 g/mol. The molecule has 190 valence electrons. The molecule has 2 aromatic carbocycles. The number of fused-ring (bicyclic) bond motifs is 1. The lowest BCUT2D eigenvalue weighted by atomic mass is 9.92. The fourth-order valence-corrected chi connectivity index (χ4v) is 4.65. The number of hydrogen-bond acceptors (Lipinski definition) is 5. The molecular formula is C31H29N5O2. The number of rotatable bonds is 6. The first-order chi connectivity index (χ1) is 18.3. The molecule has 1 N–H and O–H groups in total. The Bertz CT molecular complexity index is 1680. The van der Waals surface area contributed by atoms with Gasteiger partial charge in [-0.3, -0.25) is 14.6 Å². The normalized spacial score (nSPS) is 11.2. The fourth-order valence-electron chi connectivity index (χ4n) is 4.65. The molecule has 0 spiro atoms. The molecular weight excluding hydrogens is 474 g/mol. The van der Waals surface area contributed by atoms with Crippen LogP contribution in [-0.2, 0) is 0 Å². The number of carbonyl (C=O) groups excluding carboxylic acids is 2. The van der Waals surface area contributed by atoms with Crippen molar-refractivity contribution in [1.82, 2.24) is 19.6 Å². The van der Waals surface area contributed by atoms with E-state index in [-0.39, 0.29) is 5.91 Å². The van der Waals surface area contributed by atoms with Gasteiger partial charge >= 0.3 is 0 Å². The molecule has 0 aliphatic heterocycles. The van der Waals surface area contributed by atoms with Crippen molar-refractivity contribution in [1.29, 1.82) is 0 Å². The number of hydrogen-bond donors (Lipinski definition) is 1. The Morgan fingerprint density at radius 3 is 2.34 bits per heavy atom. The summed E-state index contributed by atoms with van der Waals surface area (Å²) in [5, 5.41) is 7.69. The maximum Gasteiger partial charge on any atom is 0.274 e. The summed E-state index contributed by atoms with van der Waals surface area (Å²) in [4.78, 5) is 33.3. The Balaban J connectivity index is 1.49. The minimum atomic E-state index is -0.245. The number of nitrogens with zero attached hydrogens (tertiary/aromatic N) is 4. The third kappa shape index (κ3) is 4.59. The van der Waals surface area contributed by atoms with Gasteiger partial charge in [-0.15, -0.1) is 5.10 Å². The minimum Gasteiger partial charge on any atom is -0.320 e. The molecule has 0 aliphatic rings. The maximum absolute atomic E-state index is 12.9. The molecule has 0 bridgehead atoms. The number of amides is 1. The van der Waals surface area contributed by atoms with Crippen LogP contribution in [0.2, 0.25) is 0 Å². The predicted octanol–water partition coefficient (Wildman–Crippen LogP) is 6.57. The number of aldehydes is 1. The number of pyridine rings is 2. The van der Waals surface area contributed by atoms with Gasteiger partial charge in [0.15, 0.2) is 17.8 Å². The highest BCUT2D eigenvalue weighted by molar-refractivity contribution is 6.03. The Labute approximate surface area is 221 Å². The Morgan fingerprint density at radius 1 is 0.947 bits per heavy atom. The molecule has 0 unspecified atom stereocenters. The highest BCUT2D eigenvalue weighted by atomic mass is 16.1. The molecule has 0 saturated heterocycles. The van der Waals surface area contributed by atoms with E-state index in [4.69, 9.17) is 4.98 Å². The van der Waals surface area contributed by atoms with Crippen molar-refractivity contribution < 1.29 is 9.59 Å². The first-order valence-electron chi connectivity index (χ1n) is 12.6. The van der Waals surface area contributed by atoms with Gasteiger partial charge in [-0.2, -0.15) is 0 Å². The smallest absolute Gasteiger partial charge is 0.274 e. The zero-order valence-corrected chi connectivity index (χ0v) is 22.1. The van der Waals surface area contributed by atoms with E-state index in [1.165, 1.54) is 0 Å². The maximum atomic E-state index is 12.9. The quantitative estimate of drug-likeness (QED) is 0.265. The summed E-state index contributed by atoms with van der Waals surface area (Å²) in [5.74, 6) is 0.699. The predicted molar refractivity (Wildman–Crippen MR) is 150 cm³/mol. The van der Waals surface area contributed by atoms with Gasteiger partial charge in [0, 0.05) is 29.2 Å². The van der Waals surface area contributed by atoms with Crippen LogP contribution in [0.25, 0.3) is 28.2 Å². The van der Waals surface area contributed by atoms with Crippen LogP contribution in [0.1, 0.15) is 62.9 Å². The lowest BCUT2D eigenvalue weighted by Crippen LogP contribution is -2.14. The van der Waals surface area contributed by atoms with Crippen LogP contribution in [0.5, 0.6) is 0 Å². The van der Waals surface area contributed by atoms with E-state index in [2.05, 4.69) is 35.3 Å². The second kappa shape index (κ2) is 10.0. The number of aromatic nitrogens is 4. The lowest BCUT2D eigenvalue weighted by molar-refractivity contribution is 0.102. The Kier molecular flexibility index (Phi) is 6.59. The van der Waals surface area contributed by atoms with Gasteiger partial charge in [0.25, 0.3) is 5.91 Å². The average Bonchev–Trinajstić information content (AvgIpc) is 3.35. The third-order valence-corrected chi connectivity index (χ3v) is 6.91. The van der Waals surface area contributed by atoms with Crippen LogP contribution >= 0.6 is 0 Å². The van der Waals surface area contributed by atoms with E-state index < -0.39 is 0 Å². The second-order valence-corrected chi connectivity index (χ2v) is 9.82. The summed E-state index contributed by atoms with van der Waals surface area (Å²) in [5.41, 5.74) is 9.27. The molecule has 0 radical (unpaired) electrons. The van der Waals surface area contributed by atoms with Crippen LogP contribution in [0, 0.1) is 20.8 Å². The molecule has 0 fully saturated rings. The molecule has 3 heterocycles. The van der Waals surface area contributed by atoms with E-state index in [9.17, 15) is 9.59 Å².